The summed E-state index contributed by atoms with van der Waals surface area (Å²) in [7, 11) is -0.540. The molecule has 1 amide bonds. The van der Waals surface area contributed by atoms with Gasteiger partial charge in [0.05, 0.1) is 22.1 Å². The van der Waals surface area contributed by atoms with Gasteiger partial charge in [-0.25, -0.2) is 8.42 Å². The number of benzene rings is 2. The predicted molar refractivity (Wildman–Crippen MR) is 115 cm³/mol. The van der Waals surface area contributed by atoms with Crippen LogP contribution in [-0.4, -0.2) is 56.8 Å². The Kier molecular flexibility index (Phi) is 8.07. The lowest BCUT2D eigenvalue weighted by Crippen LogP contribution is -2.33. The summed E-state index contributed by atoms with van der Waals surface area (Å²) >= 11 is 6.19. The third-order valence-electron chi connectivity index (χ3n) is 4.57. The molecule has 2 aromatic rings. The van der Waals surface area contributed by atoms with Crippen LogP contribution >= 0.6 is 11.6 Å². The van der Waals surface area contributed by atoms with Crippen LogP contribution in [0.15, 0.2) is 53.4 Å². The van der Waals surface area contributed by atoms with Gasteiger partial charge in [0.2, 0.25) is 10.0 Å². The molecular formula is C21H27ClN2O4S. The molecule has 0 unspecified atom stereocenters. The van der Waals surface area contributed by atoms with Crippen LogP contribution in [0.4, 0.5) is 0 Å². The number of sulfonamides is 1. The fourth-order valence-electron chi connectivity index (χ4n) is 2.59. The number of hydrogen-bond donors (Lipinski definition) is 0. The number of rotatable bonds is 9. The minimum absolute atomic E-state index is 0.0438. The van der Waals surface area contributed by atoms with E-state index in [4.69, 9.17) is 16.3 Å². The van der Waals surface area contributed by atoms with Crippen molar-refractivity contribution in [3.8, 4) is 5.75 Å². The van der Waals surface area contributed by atoms with Crippen LogP contribution in [0.3, 0.4) is 0 Å². The molecule has 6 nitrogen and oxygen atoms in total. The minimum atomic E-state index is -3.70. The zero-order chi connectivity index (χ0) is 21.6. The zero-order valence-corrected chi connectivity index (χ0v) is 18.7. The van der Waals surface area contributed by atoms with Crippen molar-refractivity contribution in [2.45, 2.75) is 31.2 Å². The molecular weight excluding hydrogens is 412 g/mol. The van der Waals surface area contributed by atoms with Crippen molar-refractivity contribution in [1.82, 2.24) is 9.21 Å². The summed E-state index contributed by atoms with van der Waals surface area (Å²) in [6.45, 7) is 4.48. The Morgan fingerprint density at radius 2 is 1.76 bits per heavy atom. The van der Waals surface area contributed by atoms with Gasteiger partial charge in [-0.05, 0) is 50.6 Å². The first-order valence-electron chi connectivity index (χ1n) is 9.35. The quantitative estimate of drug-likeness (QED) is 0.556. The number of halogens is 1. The summed E-state index contributed by atoms with van der Waals surface area (Å²) in [5, 5.41) is 0.216. The molecule has 0 heterocycles. The van der Waals surface area contributed by atoms with E-state index >= 15 is 0 Å². The van der Waals surface area contributed by atoms with Crippen LogP contribution in [0.5, 0.6) is 5.75 Å². The molecule has 0 N–H and O–H groups in total. The molecule has 0 fully saturated rings. The maximum atomic E-state index is 12.8. The molecule has 0 atom stereocenters. The minimum Gasteiger partial charge on any atom is -0.494 e. The highest BCUT2D eigenvalue weighted by atomic mass is 35.5. The lowest BCUT2D eigenvalue weighted by molar-refractivity contribution is 0.0788. The molecule has 0 aromatic heterocycles. The molecule has 2 rings (SSSR count). The fourth-order valence-corrected chi connectivity index (χ4v) is 4.18. The Morgan fingerprint density at radius 3 is 2.38 bits per heavy atom. The average molecular weight is 439 g/mol. The van der Waals surface area contributed by atoms with Crippen LogP contribution < -0.4 is 4.74 Å². The van der Waals surface area contributed by atoms with Gasteiger partial charge < -0.3 is 9.64 Å². The van der Waals surface area contributed by atoms with Gasteiger partial charge in [-0.1, -0.05) is 29.8 Å². The molecule has 0 aliphatic carbocycles. The first-order valence-corrected chi connectivity index (χ1v) is 11.2. The molecule has 8 heteroatoms. The van der Waals surface area contributed by atoms with Crippen LogP contribution in [0.1, 0.15) is 30.6 Å². The largest absolute Gasteiger partial charge is 0.494 e. The summed E-state index contributed by atoms with van der Waals surface area (Å²) in [5.74, 6) is 0.440. The van der Waals surface area contributed by atoms with Gasteiger partial charge in [-0.3, -0.25) is 4.79 Å². The smallest absolute Gasteiger partial charge is 0.255 e. The molecule has 0 bridgehead atoms. The van der Waals surface area contributed by atoms with Crippen molar-refractivity contribution in [3.05, 3.63) is 59.1 Å². The first kappa shape index (κ1) is 23.2. The van der Waals surface area contributed by atoms with Crippen LogP contribution in [0, 0.1) is 0 Å². The normalized spacial score (nSPS) is 11.7. The lowest BCUT2D eigenvalue weighted by atomic mass is 10.2. The monoisotopic (exact) mass is 438 g/mol. The highest BCUT2D eigenvalue weighted by Gasteiger charge is 2.25. The van der Waals surface area contributed by atoms with Gasteiger partial charge >= 0.3 is 0 Å². The Labute approximate surface area is 178 Å². The van der Waals surface area contributed by atoms with Crippen LogP contribution in [-0.2, 0) is 10.0 Å². The first-order chi connectivity index (χ1) is 13.6. The lowest BCUT2D eigenvalue weighted by Gasteiger charge is -2.22. The van der Waals surface area contributed by atoms with Crippen molar-refractivity contribution < 1.29 is 17.9 Å². The third kappa shape index (κ3) is 5.95. The van der Waals surface area contributed by atoms with Crippen molar-refractivity contribution in [2.75, 3.05) is 27.2 Å². The topological polar surface area (TPSA) is 66.9 Å². The number of amides is 1. The van der Waals surface area contributed by atoms with E-state index in [0.29, 0.717) is 19.6 Å². The number of nitrogens with zero attached hydrogens (tertiary/aromatic N) is 2. The van der Waals surface area contributed by atoms with Crippen LogP contribution in [0.2, 0.25) is 5.02 Å². The third-order valence-corrected chi connectivity index (χ3v) is 6.93. The number of carbonyl (C=O) groups is 1. The van der Waals surface area contributed by atoms with Crippen LogP contribution in [0.25, 0.3) is 0 Å². The molecule has 0 saturated carbocycles. The second-order valence-corrected chi connectivity index (χ2v) is 9.40. The second-order valence-electron chi connectivity index (χ2n) is 7.00. The summed E-state index contributed by atoms with van der Waals surface area (Å²) < 4.78 is 32.3. The van der Waals surface area contributed by atoms with E-state index in [-0.39, 0.29) is 27.4 Å². The summed E-state index contributed by atoms with van der Waals surface area (Å²) in [6.07, 6.45) is 0.628. The van der Waals surface area contributed by atoms with E-state index in [0.717, 1.165) is 5.75 Å². The zero-order valence-electron chi connectivity index (χ0n) is 17.1. The summed E-state index contributed by atoms with van der Waals surface area (Å²) in [4.78, 5) is 14.4. The van der Waals surface area contributed by atoms with Crippen molar-refractivity contribution in [2.24, 2.45) is 0 Å². The molecule has 0 aliphatic heterocycles. The number of carbonyl (C=O) groups excluding carboxylic acids is 1. The molecule has 0 saturated heterocycles. The van der Waals surface area contributed by atoms with Gasteiger partial charge in [0.1, 0.15) is 5.75 Å². The standard InChI is InChI=1S/C21H27ClN2O4S/c1-16(2)24(4)29(26,27)18-11-12-20(22)19(15-18)21(25)23(3)13-8-14-28-17-9-6-5-7-10-17/h5-7,9-12,15-16H,8,13-14H2,1-4H3. The Morgan fingerprint density at radius 1 is 1.10 bits per heavy atom. The molecule has 0 spiro atoms. The van der Waals surface area contributed by atoms with E-state index < -0.39 is 10.0 Å². The van der Waals surface area contributed by atoms with Gasteiger partial charge in [0.25, 0.3) is 5.91 Å². The van der Waals surface area contributed by atoms with Gasteiger partial charge in [0, 0.05) is 26.7 Å². The Bertz CT molecular complexity index is 933. The molecule has 0 aliphatic rings. The fraction of sp³-hybridized carbons (Fsp3) is 0.381. The van der Waals surface area contributed by atoms with Gasteiger partial charge in [0.15, 0.2) is 0 Å². The van der Waals surface area contributed by atoms with E-state index in [1.54, 1.807) is 20.9 Å². The summed E-state index contributed by atoms with van der Waals surface area (Å²) in [5.41, 5.74) is 0.163. The van der Waals surface area contributed by atoms with Gasteiger partial charge in [-0.2, -0.15) is 4.31 Å². The number of hydrogen-bond acceptors (Lipinski definition) is 4. The van der Waals surface area contributed by atoms with Gasteiger partial charge in [-0.15, -0.1) is 0 Å². The predicted octanol–water partition coefficient (Wildman–Crippen LogP) is 3.91. The van der Waals surface area contributed by atoms with Crippen molar-refractivity contribution in [1.29, 1.82) is 0 Å². The van der Waals surface area contributed by atoms with E-state index in [1.165, 1.54) is 34.5 Å². The van der Waals surface area contributed by atoms with Crippen molar-refractivity contribution >= 4 is 27.5 Å². The average Bonchev–Trinajstić information content (AvgIpc) is 2.70. The molecule has 158 valence electrons. The second kappa shape index (κ2) is 10.1. The maximum absolute atomic E-state index is 12.8. The molecule has 2 aromatic carbocycles. The van der Waals surface area contributed by atoms with E-state index in [1.807, 2.05) is 30.3 Å². The maximum Gasteiger partial charge on any atom is 0.255 e. The molecule has 0 radical (unpaired) electrons. The van der Waals surface area contributed by atoms with Crippen molar-refractivity contribution in [3.63, 3.8) is 0 Å². The number of ether oxygens (including phenoxy) is 1. The summed E-state index contributed by atoms with van der Waals surface area (Å²) in [6, 6.07) is 13.4. The van der Waals surface area contributed by atoms with E-state index in [9.17, 15) is 13.2 Å². The highest BCUT2D eigenvalue weighted by molar-refractivity contribution is 7.89. The Hall–Kier alpha value is -2.09. The molecule has 29 heavy (non-hydrogen) atoms. The van der Waals surface area contributed by atoms with E-state index in [2.05, 4.69) is 0 Å². The Balaban J connectivity index is 2.05. The SMILES string of the molecule is CC(C)N(C)S(=O)(=O)c1ccc(Cl)c(C(=O)N(C)CCCOc2ccccc2)c1. The highest BCUT2D eigenvalue weighted by Crippen LogP contribution is 2.24. The number of para-hydroxylation sites is 1.